The van der Waals surface area contributed by atoms with Crippen LogP contribution in [0.3, 0.4) is 0 Å². The molecular weight excluding hydrogens is 374 g/mol. The van der Waals surface area contributed by atoms with Crippen molar-refractivity contribution in [2.75, 3.05) is 5.32 Å². The fourth-order valence-electron chi connectivity index (χ4n) is 3.74. The SMILES string of the molecule is C[C@@]1(c2ccc(Br)cc2)Nc2ccccc2-c2nc3ccccc3n21. The fraction of sp³-hybridized carbons (Fsp3) is 0.0952. The van der Waals surface area contributed by atoms with E-state index in [-0.39, 0.29) is 0 Å². The van der Waals surface area contributed by atoms with Crippen LogP contribution in [0, 0.1) is 0 Å². The first-order valence-electron chi connectivity index (χ1n) is 8.28. The Balaban J connectivity index is 1.87. The first-order valence-corrected chi connectivity index (χ1v) is 9.08. The van der Waals surface area contributed by atoms with E-state index in [4.69, 9.17) is 4.98 Å². The molecule has 4 heteroatoms. The van der Waals surface area contributed by atoms with Gasteiger partial charge in [0.05, 0.1) is 11.0 Å². The van der Waals surface area contributed by atoms with Crippen molar-refractivity contribution in [2.45, 2.75) is 12.6 Å². The maximum Gasteiger partial charge on any atom is 0.145 e. The van der Waals surface area contributed by atoms with Gasteiger partial charge in [0.1, 0.15) is 11.5 Å². The second-order valence-corrected chi connectivity index (χ2v) is 7.42. The molecule has 3 nitrogen and oxygen atoms in total. The first kappa shape index (κ1) is 14.7. The molecule has 4 aromatic rings. The minimum Gasteiger partial charge on any atom is -0.358 e. The number of aromatic nitrogens is 2. The zero-order valence-electron chi connectivity index (χ0n) is 13.7. The van der Waals surface area contributed by atoms with E-state index in [1.165, 1.54) is 5.56 Å². The van der Waals surface area contributed by atoms with Crippen molar-refractivity contribution in [3.63, 3.8) is 0 Å². The van der Waals surface area contributed by atoms with Crippen molar-refractivity contribution in [3.05, 3.63) is 82.8 Å². The average molecular weight is 390 g/mol. The molecule has 0 spiro atoms. The van der Waals surface area contributed by atoms with Crippen LogP contribution in [0.4, 0.5) is 5.69 Å². The Labute approximate surface area is 154 Å². The molecule has 0 unspecified atom stereocenters. The maximum absolute atomic E-state index is 4.95. The van der Waals surface area contributed by atoms with Crippen molar-refractivity contribution in [3.8, 4) is 11.4 Å². The lowest BCUT2D eigenvalue weighted by Gasteiger charge is -2.40. The summed E-state index contributed by atoms with van der Waals surface area (Å²) in [7, 11) is 0. The Kier molecular flexibility index (Phi) is 3.06. The van der Waals surface area contributed by atoms with E-state index in [1.54, 1.807) is 0 Å². The van der Waals surface area contributed by atoms with Gasteiger partial charge in [-0.1, -0.05) is 52.3 Å². The van der Waals surface area contributed by atoms with Gasteiger partial charge < -0.3 is 5.32 Å². The molecule has 0 fully saturated rings. The van der Waals surface area contributed by atoms with Gasteiger partial charge in [-0.25, -0.2) is 4.98 Å². The molecule has 1 atom stereocenters. The summed E-state index contributed by atoms with van der Waals surface area (Å²) < 4.78 is 3.39. The molecule has 0 radical (unpaired) electrons. The lowest BCUT2D eigenvalue weighted by Crippen LogP contribution is -2.42. The number of para-hydroxylation sites is 3. The molecule has 1 aliphatic rings. The summed E-state index contributed by atoms with van der Waals surface area (Å²) in [6.45, 7) is 2.21. The summed E-state index contributed by atoms with van der Waals surface area (Å²) in [6.07, 6.45) is 0. The summed E-state index contributed by atoms with van der Waals surface area (Å²) in [4.78, 5) is 4.95. The second kappa shape index (κ2) is 5.20. The quantitative estimate of drug-likeness (QED) is 0.458. The van der Waals surface area contributed by atoms with Crippen molar-refractivity contribution in [1.29, 1.82) is 0 Å². The smallest absolute Gasteiger partial charge is 0.145 e. The number of benzene rings is 3. The lowest BCUT2D eigenvalue weighted by molar-refractivity contribution is 0.463. The number of hydrogen-bond acceptors (Lipinski definition) is 2. The van der Waals surface area contributed by atoms with Gasteiger partial charge in [0, 0.05) is 15.7 Å². The number of nitrogens with zero attached hydrogens (tertiary/aromatic N) is 2. The third kappa shape index (κ3) is 2.07. The number of hydrogen-bond donors (Lipinski definition) is 1. The number of imidazole rings is 1. The topological polar surface area (TPSA) is 29.9 Å². The number of nitrogens with one attached hydrogen (secondary N) is 1. The molecule has 0 bridgehead atoms. The Morgan fingerprint density at radius 3 is 2.48 bits per heavy atom. The second-order valence-electron chi connectivity index (χ2n) is 6.51. The summed E-state index contributed by atoms with van der Waals surface area (Å²) in [6, 6.07) is 25.2. The minimum atomic E-state index is -0.416. The highest BCUT2D eigenvalue weighted by Crippen LogP contribution is 2.43. The van der Waals surface area contributed by atoms with Crippen LogP contribution < -0.4 is 5.32 Å². The van der Waals surface area contributed by atoms with E-state index in [9.17, 15) is 0 Å². The number of anilines is 1. The third-order valence-corrected chi connectivity index (χ3v) is 5.49. The molecule has 0 saturated carbocycles. The van der Waals surface area contributed by atoms with Crippen LogP contribution in [0.5, 0.6) is 0 Å². The number of halogens is 1. The Hall–Kier alpha value is -2.59. The van der Waals surface area contributed by atoms with Crippen molar-refractivity contribution < 1.29 is 0 Å². The van der Waals surface area contributed by atoms with Gasteiger partial charge in [-0.2, -0.15) is 0 Å². The van der Waals surface area contributed by atoms with Gasteiger partial charge in [0.2, 0.25) is 0 Å². The van der Waals surface area contributed by atoms with E-state index >= 15 is 0 Å². The zero-order chi connectivity index (χ0) is 17.0. The van der Waals surface area contributed by atoms with E-state index in [0.29, 0.717) is 0 Å². The molecule has 122 valence electrons. The molecule has 1 aliphatic heterocycles. The van der Waals surface area contributed by atoms with Crippen LogP contribution in [-0.2, 0) is 5.66 Å². The molecule has 1 aromatic heterocycles. The summed E-state index contributed by atoms with van der Waals surface area (Å²) in [5.74, 6) is 1.00. The molecule has 3 aromatic carbocycles. The molecule has 0 saturated heterocycles. The Morgan fingerprint density at radius 2 is 1.64 bits per heavy atom. The normalized spacial score (nSPS) is 18.5. The van der Waals surface area contributed by atoms with Crippen LogP contribution in [0.2, 0.25) is 0 Å². The van der Waals surface area contributed by atoms with Crippen LogP contribution in [0.25, 0.3) is 22.4 Å². The third-order valence-electron chi connectivity index (χ3n) is 4.96. The van der Waals surface area contributed by atoms with Crippen molar-refractivity contribution >= 4 is 32.7 Å². The van der Waals surface area contributed by atoms with Gasteiger partial charge in [0.25, 0.3) is 0 Å². The van der Waals surface area contributed by atoms with Crippen LogP contribution in [-0.4, -0.2) is 9.55 Å². The van der Waals surface area contributed by atoms with Gasteiger partial charge in [-0.05, 0) is 48.9 Å². The van der Waals surface area contributed by atoms with Gasteiger partial charge in [0.15, 0.2) is 0 Å². The minimum absolute atomic E-state index is 0.416. The highest BCUT2D eigenvalue weighted by Gasteiger charge is 2.37. The van der Waals surface area contributed by atoms with E-state index in [2.05, 4.69) is 99.5 Å². The standard InChI is InChI=1S/C21H16BrN3/c1-21(14-10-12-15(22)13-11-14)24-17-7-3-2-6-16(17)20-23-18-8-4-5-9-19(18)25(20)21/h2-13,24H,1H3/t21-/m1/s1. The van der Waals surface area contributed by atoms with Crippen LogP contribution >= 0.6 is 15.9 Å². The number of rotatable bonds is 1. The predicted molar refractivity (Wildman–Crippen MR) is 106 cm³/mol. The molecule has 0 aliphatic carbocycles. The van der Waals surface area contributed by atoms with Crippen LogP contribution in [0.1, 0.15) is 12.5 Å². The molecular formula is C21H16BrN3. The summed E-state index contributed by atoms with van der Waals surface area (Å²) in [5.41, 5.74) is 5.16. The van der Waals surface area contributed by atoms with Gasteiger partial charge in [-0.3, -0.25) is 4.57 Å². The van der Waals surface area contributed by atoms with E-state index < -0.39 is 5.66 Å². The maximum atomic E-state index is 4.95. The first-order chi connectivity index (χ1) is 12.2. The fourth-order valence-corrected chi connectivity index (χ4v) is 4.00. The molecule has 0 amide bonds. The van der Waals surface area contributed by atoms with E-state index in [0.717, 1.165) is 32.6 Å². The highest BCUT2D eigenvalue weighted by molar-refractivity contribution is 9.10. The summed E-state index contributed by atoms with van der Waals surface area (Å²) >= 11 is 3.54. The van der Waals surface area contributed by atoms with Crippen LogP contribution in [0.15, 0.2) is 77.3 Å². The van der Waals surface area contributed by atoms with Crippen molar-refractivity contribution in [1.82, 2.24) is 9.55 Å². The molecule has 5 rings (SSSR count). The predicted octanol–water partition coefficient (Wildman–Crippen LogP) is 5.61. The molecule has 2 heterocycles. The van der Waals surface area contributed by atoms with Gasteiger partial charge in [-0.15, -0.1) is 0 Å². The highest BCUT2D eigenvalue weighted by atomic mass is 79.9. The number of fused-ring (bicyclic) bond motifs is 5. The van der Waals surface area contributed by atoms with E-state index in [1.807, 2.05) is 6.07 Å². The van der Waals surface area contributed by atoms with Crippen molar-refractivity contribution in [2.24, 2.45) is 0 Å². The monoisotopic (exact) mass is 389 g/mol. The zero-order valence-corrected chi connectivity index (χ0v) is 15.3. The molecule has 1 N–H and O–H groups in total. The Morgan fingerprint density at radius 1 is 0.920 bits per heavy atom. The Bertz CT molecular complexity index is 1100. The molecule has 25 heavy (non-hydrogen) atoms. The summed E-state index contributed by atoms with van der Waals surface area (Å²) in [5, 5.41) is 3.75. The largest absolute Gasteiger partial charge is 0.358 e. The van der Waals surface area contributed by atoms with Gasteiger partial charge >= 0.3 is 0 Å². The lowest BCUT2D eigenvalue weighted by atomic mass is 9.96. The average Bonchev–Trinajstić information content (AvgIpc) is 3.03.